The molecular weight excluding hydrogens is 1210 g/mol. The number of hydrogen-bond donors (Lipinski definition) is 0. The standard InChI is InChI=1S/C82H108O2S6/c1-7-11-15-19-23-25-27-29-33-37-41-59(39-35-31-21-17-13-9-3)48-61-50-64-63(65-52-67(81(83)79(61)65)72-54-76-74(88-72)47-58(6)86-76)51-62(49-60(40-36-32-22-18-14-10-4)42-38-34-30-28-26-24-20-16-12-8-2)80-66(64)53-68(82(80)84)73-55-77-78(89-73)56-75(90-77)71-46-45-70(87-71)69-44-43-57(5)85-69/h43-47,50-56,59-60H,7-42,48-49H2,1-6H3. The first-order chi connectivity index (χ1) is 44.1. The molecule has 10 aromatic rings. The number of rotatable bonds is 44. The Morgan fingerprint density at radius 1 is 0.289 bits per heavy atom. The van der Waals surface area contributed by atoms with Crippen LogP contribution in [-0.4, -0.2) is 0 Å². The SMILES string of the molecule is CCCCCCCCCCCCC(CCCCCCCC)Cc1cc2c3cc(-c4cc5sc(-c6ccc(-c7ccc(C)s7)s6)cc5s4)c(=O)c3c(CC(CCCCCCCC)CCCCCCCCCCCC)cc2c2cc(-c3cc4sc(C)cc4s3)c(=O)c12. The van der Waals surface area contributed by atoms with Gasteiger partial charge in [0.2, 0.25) is 0 Å². The summed E-state index contributed by atoms with van der Waals surface area (Å²) in [7, 11) is 0. The van der Waals surface area contributed by atoms with E-state index < -0.39 is 0 Å². The van der Waals surface area contributed by atoms with Gasteiger partial charge in [-0.25, -0.2) is 0 Å². The van der Waals surface area contributed by atoms with Gasteiger partial charge in [0.05, 0.1) is 0 Å². The minimum absolute atomic E-state index is 0.202. The molecule has 0 aliphatic heterocycles. The molecule has 6 heterocycles. The lowest BCUT2D eigenvalue weighted by Gasteiger charge is -2.20. The molecule has 8 heteroatoms. The molecule has 0 radical (unpaired) electrons. The van der Waals surface area contributed by atoms with E-state index in [1.54, 1.807) is 22.7 Å². The van der Waals surface area contributed by atoms with Crippen molar-refractivity contribution in [3.8, 4) is 40.4 Å². The monoisotopic (exact) mass is 1320 g/mol. The molecule has 0 saturated heterocycles. The highest BCUT2D eigenvalue weighted by Crippen LogP contribution is 2.48. The number of unbranched alkanes of at least 4 members (excludes halogenated alkanes) is 28. The number of aryl methyl sites for hydroxylation is 2. The lowest BCUT2D eigenvalue weighted by atomic mass is 9.84. The summed E-state index contributed by atoms with van der Waals surface area (Å²) in [6.07, 6.45) is 49.2. The molecule has 10 rings (SSSR count). The topological polar surface area (TPSA) is 34.1 Å². The first kappa shape index (κ1) is 69.1. The Kier molecular flexibility index (Phi) is 27.4. The Morgan fingerprint density at radius 2 is 0.611 bits per heavy atom. The van der Waals surface area contributed by atoms with Crippen LogP contribution < -0.4 is 10.9 Å². The summed E-state index contributed by atoms with van der Waals surface area (Å²) < 4.78 is 5.08. The largest absolute Gasteiger partial charge is 0.289 e. The van der Waals surface area contributed by atoms with E-state index in [4.69, 9.17) is 0 Å². The fourth-order valence-corrected chi connectivity index (χ4v) is 21.6. The van der Waals surface area contributed by atoms with Crippen LogP contribution in [0.2, 0.25) is 0 Å². The molecule has 0 aliphatic carbocycles. The molecule has 4 aromatic carbocycles. The summed E-state index contributed by atoms with van der Waals surface area (Å²) in [6.45, 7) is 13.6. The van der Waals surface area contributed by atoms with Crippen molar-refractivity contribution >= 4 is 119 Å². The van der Waals surface area contributed by atoms with Crippen LogP contribution in [0.25, 0.3) is 91.5 Å². The maximum absolute atomic E-state index is 15.9. The average Bonchev–Trinajstić information content (AvgIpc) is 1.54. The molecule has 6 aromatic heterocycles. The predicted molar refractivity (Wildman–Crippen MR) is 411 cm³/mol. The average molecular weight is 1320 g/mol. The van der Waals surface area contributed by atoms with Crippen molar-refractivity contribution in [2.24, 2.45) is 11.8 Å². The fourth-order valence-electron chi connectivity index (χ4n) is 14.9. The normalized spacial score (nSPS) is 12.9. The minimum atomic E-state index is 0.202. The summed E-state index contributed by atoms with van der Waals surface area (Å²) in [5.74, 6) is 1.02. The van der Waals surface area contributed by atoms with Gasteiger partial charge in [-0.05, 0) is 144 Å². The van der Waals surface area contributed by atoms with Gasteiger partial charge in [-0.1, -0.05) is 259 Å². The lowest BCUT2D eigenvalue weighted by Crippen LogP contribution is -2.10. The third-order valence-electron chi connectivity index (χ3n) is 20.0. The second-order valence-corrected chi connectivity index (χ2v) is 34.3. The van der Waals surface area contributed by atoms with E-state index in [2.05, 4.69) is 114 Å². The Morgan fingerprint density at radius 3 is 0.989 bits per heavy atom. The van der Waals surface area contributed by atoms with Gasteiger partial charge in [0.1, 0.15) is 0 Å². The molecule has 0 saturated carbocycles. The zero-order chi connectivity index (χ0) is 62.6. The number of hydrogen-bond acceptors (Lipinski definition) is 8. The highest BCUT2D eigenvalue weighted by atomic mass is 32.1. The van der Waals surface area contributed by atoms with Crippen molar-refractivity contribution in [1.82, 2.24) is 0 Å². The summed E-state index contributed by atoms with van der Waals surface area (Å²) in [5.41, 5.74) is 4.55. The molecule has 0 fully saturated rings. The summed E-state index contributed by atoms with van der Waals surface area (Å²) in [6, 6.07) is 27.9. The summed E-state index contributed by atoms with van der Waals surface area (Å²) in [5, 5.41) is 6.47. The predicted octanol–water partition coefficient (Wildman–Crippen LogP) is 29.1. The van der Waals surface area contributed by atoms with Crippen LogP contribution in [0, 0.1) is 25.7 Å². The molecular formula is C82H108O2S6. The van der Waals surface area contributed by atoms with Gasteiger partial charge < -0.3 is 0 Å². The maximum atomic E-state index is 15.9. The van der Waals surface area contributed by atoms with Crippen LogP contribution in [0.15, 0.2) is 82.4 Å². The van der Waals surface area contributed by atoms with Crippen molar-refractivity contribution in [2.75, 3.05) is 0 Å². The number of fused-ring (bicyclic) bond motifs is 7. The van der Waals surface area contributed by atoms with E-state index in [1.807, 2.05) is 45.3 Å². The Labute approximate surface area is 566 Å². The van der Waals surface area contributed by atoms with Crippen LogP contribution in [-0.2, 0) is 12.8 Å². The van der Waals surface area contributed by atoms with E-state index in [-0.39, 0.29) is 10.9 Å². The second kappa shape index (κ2) is 35.7. The van der Waals surface area contributed by atoms with E-state index in [0.717, 1.165) is 55.3 Å². The molecule has 0 bridgehead atoms. The van der Waals surface area contributed by atoms with Gasteiger partial charge in [-0.15, -0.1) is 68.0 Å². The van der Waals surface area contributed by atoms with Crippen molar-refractivity contribution in [3.05, 3.63) is 114 Å². The van der Waals surface area contributed by atoms with Crippen molar-refractivity contribution in [3.63, 3.8) is 0 Å². The van der Waals surface area contributed by atoms with Gasteiger partial charge in [0, 0.05) is 79.7 Å². The van der Waals surface area contributed by atoms with Gasteiger partial charge >= 0.3 is 0 Å². The van der Waals surface area contributed by atoms with E-state index in [9.17, 15) is 0 Å². The lowest BCUT2D eigenvalue weighted by molar-refractivity contribution is 0.401. The molecule has 484 valence electrons. The highest BCUT2D eigenvalue weighted by Gasteiger charge is 2.27. The highest BCUT2D eigenvalue weighted by molar-refractivity contribution is 7.33. The zero-order valence-electron chi connectivity index (χ0n) is 56.2. The van der Waals surface area contributed by atoms with Gasteiger partial charge in [0.25, 0.3) is 0 Å². The molecule has 2 unspecified atom stereocenters. The first-order valence-electron chi connectivity index (χ1n) is 36.5. The summed E-state index contributed by atoms with van der Waals surface area (Å²) >= 11 is 11.1. The van der Waals surface area contributed by atoms with Crippen LogP contribution >= 0.6 is 68.0 Å². The number of benzene rings is 2. The quantitative estimate of drug-likeness (QED) is 0.0357. The molecule has 0 N–H and O–H groups in total. The Balaban J connectivity index is 1.05. The first-order valence-corrected chi connectivity index (χ1v) is 41.4. The Bertz CT molecular complexity index is 3810. The Hall–Kier alpha value is -3.76. The van der Waals surface area contributed by atoms with E-state index in [1.165, 1.54) is 301 Å². The van der Waals surface area contributed by atoms with Gasteiger partial charge in [0.15, 0.2) is 10.9 Å². The fraction of sp³-hybridized carbons (Fsp3) is 0.561. The van der Waals surface area contributed by atoms with Crippen molar-refractivity contribution < 1.29 is 0 Å². The maximum Gasteiger partial charge on any atom is 0.195 e. The van der Waals surface area contributed by atoms with Gasteiger partial charge in [-0.3, -0.25) is 9.59 Å². The van der Waals surface area contributed by atoms with Crippen LogP contribution in [0.4, 0.5) is 0 Å². The molecule has 90 heavy (non-hydrogen) atoms. The zero-order valence-corrected chi connectivity index (χ0v) is 61.1. The molecule has 0 aliphatic rings. The van der Waals surface area contributed by atoms with Gasteiger partial charge in [-0.2, -0.15) is 0 Å². The molecule has 0 amide bonds. The van der Waals surface area contributed by atoms with Crippen molar-refractivity contribution in [2.45, 2.75) is 286 Å². The van der Waals surface area contributed by atoms with Crippen LogP contribution in [0.5, 0.6) is 0 Å². The third-order valence-corrected chi connectivity index (χ3v) is 27.0. The molecule has 2 atom stereocenters. The van der Waals surface area contributed by atoms with Crippen LogP contribution in [0.1, 0.15) is 280 Å². The minimum Gasteiger partial charge on any atom is -0.289 e. The summed E-state index contributed by atoms with van der Waals surface area (Å²) in [4.78, 5) is 41.7. The van der Waals surface area contributed by atoms with E-state index in [0.29, 0.717) is 11.8 Å². The molecule has 2 nitrogen and oxygen atoms in total. The van der Waals surface area contributed by atoms with E-state index >= 15 is 9.59 Å². The smallest absolute Gasteiger partial charge is 0.195 e. The van der Waals surface area contributed by atoms with Crippen molar-refractivity contribution in [1.29, 1.82) is 0 Å². The number of thiophene rings is 6. The van der Waals surface area contributed by atoms with Crippen LogP contribution in [0.3, 0.4) is 0 Å². The molecule has 0 spiro atoms. The third kappa shape index (κ3) is 18.4. The second-order valence-electron chi connectivity index (χ2n) is 27.4.